The van der Waals surface area contributed by atoms with Crippen LogP contribution in [-0.4, -0.2) is 82.6 Å². The van der Waals surface area contributed by atoms with E-state index in [0.29, 0.717) is 10.2 Å². The highest BCUT2D eigenvalue weighted by molar-refractivity contribution is 8.83. The lowest BCUT2D eigenvalue weighted by molar-refractivity contribution is -0.237. The Hall–Kier alpha value is -2.35. The van der Waals surface area contributed by atoms with Crippen molar-refractivity contribution in [2.24, 2.45) is 5.92 Å². The minimum absolute atomic E-state index is 0.265. The molecule has 0 aromatic heterocycles. The number of nitrogens with zero attached hydrogens (tertiary/aromatic N) is 1. The highest BCUT2D eigenvalue weighted by atomic mass is 33.1. The highest BCUT2D eigenvalue weighted by Gasteiger charge is 2.52. The van der Waals surface area contributed by atoms with Gasteiger partial charge in [-0.1, -0.05) is 53.3 Å². The molecule has 0 saturated carbocycles. The van der Waals surface area contributed by atoms with Crippen LogP contribution in [0.3, 0.4) is 0 Å². The first kappa shape index (κ1) is 32.2. The Morgan fingerprint density at radius 3 is 2.02 bits per heavy atom. The van der Waals surface area contributed by atoms with E-state index in [0.717, 1.165) is 32.4 Å². The standard InChI is InChI=1S/C27H35NO9S3/c1-16(29)33-15-22-23(34-17(2)30)24(35-18(3)31)25(36-19(4)32)26(37-22)39-40-27(38)28-12-10-21(11-13-28)14-20-8-6-5-7-9-20/h5-9,21-26H,10-15H2,1-4H3/t22?,23-,24?,25?,26+/m1/s1. The fourth-order valence-electron chi connectivity index (χ4n) is 4.67. The van der Waals surface area contributed by atoms with Gasteiger partial charge in [0.15, 0.2) is 23.7 Å². The molecule has 0 amide bonds. The molecular formula is C27H35NO9S3. The van der Waals surface area contributed by atoms with E-state index in [1.807, 2.05) is 6.07 Å². The Labute approximate surface area is 247 Å². The van der Waals surface area contributed by atoms with Gasteiger partial charge in [0.1, 0.15) is 17.0 Å². The van der Waals surface area contributed by atoms with E-state index in [9.17, 15) is 19.2 Å². The molecule has 3 unspecified atom stereocenters. The van der Waals surface area contributed by atoms with Crippen LogP contribution in [0.2, 0.25) is 0 Å². The van der Waals surface area contributed by atoms with Crippen molar-refractivity contribution in [3.05, 3.63) is 35.9 Å². The summed E-state index contributed by atoms with van der Waals surface area (Å²) in [6.45, 7) is 6.21. The van der Waals surface area contributed by atoms with Crippen molar-refractivity contribution in [3.8, 4) is 0 Å². The first-order valence-corrected chi connectivity index (χ1v) is 15.6. The number of ether oxygens (including phenoxy) is 5. The first-order valence-electron chi connectivity index (χ1n) is 13.0. The van der Waals surface area contributed by atoms with E-state index in [1.165, 1.54) is 54.8 Å². The van der Waals surface area contributed by atoms with E-state index < -0.39 is 53.7 Å². The molecule has 220 valence electrons. The number of rotatable bonds is 9. The molecular weight excluding hydrogens is 578 g/mol. The molecule has 2 fully saturated rings. The average Bonchev–Trinajstić information content (AvgIpc) is 2.89. The maximum atomic E-state index is 12.0. The van der Waals surface area contributed by atoms with Crippen LogP contribution in [0, 0.1) is 5.92 Å². The molecule has 10 nitrogen and oxygen atoms in total. The van der Waals surface area contributed by atoms with E-state index in [4.69, 9.17) is 35.9 Å². The number of piperidine rings is 1. The summed E-state index contributed by atoms with van der Waals surface area (Å²) >= 11 is 5.71. The van der Waals surface area contributed by atoms with Crippen molar-refractivity contribution in [1.82, 2.24) is 4.90 Å². The van der Waals surface area contributed by atoms with Gasteiger partial charge in [-0.2, -0.15) is 0 Å². The van der Waals surface area contributed by atoms with Crippen molar-refractivity contribution in [2.45, 2.75) is 76.8 Å². The molecule has 1 aromatic rings. The molecule has 2 heterocycles. The Morgan fingerprint density at radius 1 is 0.875 bits per heavy atom. The summed E-state index contributed by atoms with van der Waals surface area (Å²) in [7, 11) is 2.49. The fraction of sp³-hybridized carbons (Fsp3) is 0.593. The largest absolute Gasteiger partial charge is 0.463 e. The van der Waals surface area contributed by atoms with Gasteiger partial charge in [0.2, 0.25) is 0 Å². The number of thiocarbonyl (C=S) groups is 1. The van der Waals surface area contributed by atoms with Gasteiger partial charge >= 0.3 is 23.9 Å². The minimum atomic E-state index is -1.19. The van der Waals surface area contributed by atoms with Gasteiger partial charge in [0.05, 0.1) is 0 Å². The summed E-state index contributed by atoms with van der Waals surface area (Å²) in [5.41, 5.74) is 0.455. The third kappa shape index (κ3) is 9.93. The van der Waals surface area contributed by atoms with Gasteiger partial charge < -0.3 is 28.6 Å². The fourth-order valence-corrected chi connectivity index (χ4v) is 7.50. The van der Waals surface area contributed by atoms with E-state index in [-0.39, 0.29) is 6.61 Å². The molecule has 13 heteroatoms. The number of esters is 4. The molecule has 5 atom stereocenters. The summed E-state index contributed by atoms with van der Waals surface area (Å²) in [6, 6.07) is 10.4. The monoisotopic (exact) mass is 613 g/mol. The maximum Gasteiger partial charge on any atom is 0.303 e. The molecule has 0 bridgehead atoms. The van der Waals surface area contributed by atoms with E-state index >= 15 is 0 Å². The molecule has 3 rings (SSSR count). The smallest absolute Gasteiger partial charge is 0.303 e. The minimum Gasteiger partial charge on any atom is -0.463 e. The Morgan fingerprint density at radius 2 is 1.45 bits per heavy atom. The zero-order valence-electron chi connectivity index (χ0n) is 22.9. The lowest BCUT2D eigenvalue weighted by Crippen LogP contribution is -2.61. The SMILES string of the molecule is CC(=O)OCC1O[C@@H](SSC(=S)N2CCC(Cc3ccccc3)CC2)C(OC(C)=O)C(OC(C)=O)[C@@H]1OC(C)=O. The molecule has 0 spiro atoms. The zero-order chi connectivity index (χ0) is 29.2. The number of hydrogen-bond acceptors (Lipinski definition) is 12. The quantitative estimate of drug-likeness (QED) is 0.175. The maximum absolute atomic E-state index is 12.0. The average molecular weight is 614 g/mol. The number of likely N-dealkylation sites (tertiary alicyclic amines) is 1. The Balaban J connectivity index is 1.69. The lowest BCUT2D eigenvalue weighted by Gasteiger charge is -2.44. The van der Waals surface area contributed by atoms with Crippen LogP contribution < -0.4 is 0 Å². The number of carbonyl (C=O) groups is 4. The van der Waals surface area contributed by atoms with Gasteiger partial charge in [0, 0.05) is 40.8 Å². The second-order valence-corrected chi connectivity index (χ2v) is 12.6. The summed E-state index contributed by atoms with van der Waals surface area (Å²) in [6.07, 6.45) is -1.41. The molecule has 0 N–H and O–H groups in total. The van der Waals surface area contributed by atoms with Crippen LogP contribution in [0.25, 0.3) is 0 Å². The van der Waals surface area contributed by atoms with Crippen LogP contribution in [-0.2, 0) is 49.3 Å². The second-order valence-electron chi connectivity index (χ2n) is 9.63. The summed E-state index contributed by atoms with van der Waals surface area (Å²) < 4.78 is 28.3. The van der Waals surface area contributed by atoms with Crippen LogP contribution in [0.1, 0.15) is 46.1 Å². The summed E-state index contributed by atoms with van der Waals surface area (Å²) in [5.74, 6) is -1.95. The number of benzene rings is 1. The third-order valence-corrected chi connectivity index (χ3v) is 9.62. The van der Waals surface area contributed by atoms with Crippen molar-refractivity contribution in [2.75, 3.05) is 19.7 Å². The van der Waals surface area contributed by atoms with Crippen LogP contribution in [0.4, 0.5) is 0 Å². The molecule has 40 heavy (non-hydrogen) atoms. The van der Waals surface area contributed by atoms with Crippen molar-refractivity contribution in [3.63, 3.8) is 0 Å². The van der Waals surface area contributed by atoms with Crippen molar-refractivity contribution in [1.29, 1.82) is 0 Å². The van der Waals surface area contributed by atoms with Gasteiger partial charge in [-0.05, 0) is 41.5 Å². The number of carbonyl (C=O) groups excluding carboxylic acids is 4. The molecule has 0 aliphatic carbocycles. The van der Waals surface area contributed by atoms with Crippen molar-refractivity contribution >= 4 is 62.0 Å². The van der Waals surface area contributed by atoms with Crippen LogP contribution >= 0.6 is 33.8 Å². The zero-order valence-corrected chi connectivity index (χ0v) is 25.4. The second kappa shape index (κ2) is 15.6. The Bertz CT molecular complexity index is 1050. The first-order chi connectivity index (χ1) is 19.0. The van der Waals surface area contributed by atoms with Gasteiger partial charge in [-0.15, -0.1) is 0 Å². The highest BCUT2D eigenvalue weighted by Crippen LogP contribution is 2.41. The van der Waals surface area contributed by atoms with Crippen molar-refractivity contribution < 1.29 is 42.9 Å². The molecule has 2 saturated heterocycles. The molecule has 1 aromatic carbocycles. The molecule has 2 aliphatic heterocycles. The van der Waals surface area contributed by atoms with Gasteiger partial charge in [0.25, 0.3) is 0 Å². The van der Waals surface area contributed by atoms with Crippen LogP contribution in [0.15, 0.2) is 30.3 Å². The van der Waals surface area contributed by atoms with Gasteiger partial charge in [-0.3, -0.25) is 19.2 Å². The predicted octanol–water partition coefficient (Wildman–Crippen LogP) is 3.69. The number of hydrogen-bond donors (Lipinski definition) is 0. The normalized spacial score (nSPS) is 25.0. The predicted molar refractivity (Wildman–Crippen MR) is 154 cm³/mol. The molecule has 2 aliphatic rings. The third-order valence-electron chi connectivity index (χ3n) is 6.40. The van der Waals surface area contributed by atoms with E-state index in [1.54, 1.807) is 0 Å². The lowest BCUT2D eigenvalue weighted by atomic mass is 9.90. The van der Waals surface area contributed by atoms with Gasteiger partial charge in [-0.25, -0.2) is 0 Å². The topological polar surface area (TPSA) is 118 Å². The summed E-state index contributed by atoms with van der Waals surface area (Å²) in [5, 5.41) is 0. The summed E-state index contributed by atoms with van der Waals surface area (Å²) in [4.78, 5) is 49.6. The van der Waals surface area contributed by atoms with E-state index in [2.05, 4.69) is 29.2 Å². The Kier molecular flexibility index (Phi) is 12.5. The molecule has 0 radical (unpaired) electrons. The van der Waals surface area contributed by atoms with Crippen LogP contribution in [0.5, 0.6) is 0 Å².